The van der Waals surface area contributed by atoms with Crippen LogP contribution in [0, 0.1) is 0 Å². The highest BCUT2D eigenvalue weighted by Gasteiger charge is 2.02. The Hall–Kier alpha value is -1.51. The molecule has 1 aromatic rings. The third kappa shape index (κ3) is 1.70. The quantitative estimate of drug-likeness (QED) is 0.484. The molecule has 2 N–H and O–H groups in total. The SMILES string of the molecule is [2H]c1c(N)ccc(C(=O)OC)c1[2H]. The average Bonchev–Trinajstić information content (AvgIpc) is 2.13. The lowest BCUT2D eigenvalue weighted by molar-refractivity contribution is 0.0601. The summed E-state index contributed by atoms with van der Waals surface area (Å²) in [5.74, 6) is -0.626. The Bertz CT molecular complexity index is 352. The molecule has 3 heteroatoms. The molecule has 1 aromatic carbocycles. The first-order chi connectivity index (χ1) is 6.07. The van der Waals surface area contributed by atoms with Gasteiger partial charge in [-0.25, -0.2) is 4.79 Å². The zero-order valence-corrected chi connectivity index (χ0v) is 6.05. The van der Waals surface area contributed by atoms with Gasteiger partial charge in [-0.2, -0.15) is 0 Å². The number of esters is 1. The van der Waals surface area contributed by atoms with Gasteiger partial charge >= 0.3 is 5.97 Å². The molecule has 0 aliphatic carbocycles. The van der Waals surface area contributed by atoms with E-state index >= 15 is 0 Å². The molecule has 0 fully saturated rings. The van der Waals surface area contributed by atoms with Crippen molar-refractivity contribution in [3.05, 3.63) is 29.8 Å². The highest BCUT2D eigenvalue weighted by atomic mass is 16.5. The van der Waals surface area contributed by atoms with Crippen LogP contribution in [0.15, 0.2) is 24.2 Å². The van der Waals surface area contributed by atoms with Crippen molar-refractivity contribution in [3.63, 3.8) is 0 Å². The van der Waals surface area contributed by atoms with Gasteiger partial charge in [-0.05, 0) is 24.2 Å². The number of methoxy groups -OCH3 is 1. The van der Waals surface area contributed by atoms with E-state index in [-0.39, 0.29) is 23.3 Å². The minimum Gasteiger partial charge on any atom is -0.465 e. The lowest BCUT2D eigenvalue weighted by Gasteiger charge is -1.97. The molecule has 0 aromatic heterocycles. The van der Waals surface area contributed by atoms with Crippen LogP contribution in [0.2, 0.25) is 0 Å². The Labute approximate surface area is 67.6 Å². The van der Waals surface area contributed by atoms with Crippen molar-refractivity contribution in [2.24, 2.45) is 0 Å². The summed E-state index contributed by atoms with van der Waals surface area (Å²) in [5.41, 5.74) is 5.61. The van der Waals surface area contributed by atoms with Gasteiger partial charge in [0.2, 0.25) is 0 Å². The van der Waals surface area contributed by atoms with E-state index in [0.717, 1.165) is 0 Å². The normalized spacial score (nSPS) is 11.7. The Morgan fingerprint density at radius 1 is 1.64 bits per heavy atom. The van der Waals surface area contributed by atoms with Gasteiger partial charge in [-0.1, -0.05) is 0 Å². The molecule has 0 amide bonds. The largest absolute Gasteiger partial charge is 0.465 e. The molecule has 0 radical (unpaired) electrons. The number of ether oxygens (including phenoxy) is 1. The number of carbonyl (C=O) groups excluding carboxylic acids is 1. The van der Waals surface area contributed by atoms with Gasteiger partial charge in [-0.3, -0.25) is 0 Å². The molecule has 0 heterocycles. The minimum absolute atomic E-state index is 0.0571. The van der Waals surface area contributed by atoms with E-state index in [9.17, 15) is 4.79 Å². The summed E-state index contributed by atoms with van der Waals surface area (Å²) >= 11 is 0. The Balaban J connectivity index is 3.26. The maximum Gasteiger partial charge on any atom is 0.337 e. The van der Waals surface area contributed by atoms with Gasteiger partial charge in [0.15, 0.2) is 0 Å². The summed E-state index contributed by atoms with van der Waals surface area (Å²) in [6, 6.07) is 2.43. The molecule has 0 unspecified atom stereocenters. The second-order valence-electron chi connectivity index (χ2n) is 1.94. The number of nitrogens with two attached hydrogens (primary N) is 1. The molecule has 3 nitrogen and oxygen atoms in total. The first-order valence-corrected chi connectivity index (χ1v) is 3.02. The van der Waals surface area contributed by atoms with E-state index in [1.807, 2.05) is 0 Å². The Morgan fingerprint density at radius 3 is 3.00 bits per heavy atom. The first-order valence-electron chi connectivity index (χ1n) is 4.02. The lowest BCUT2D eigenvalue weighted by atomic mass is 10.2. The van der Waals surface area contributed by atoms with Gasteiger partial charge in [0.25, 0.3) is 0 Å². The molecule has 1 rings (SSSR count). The van der Waals surface area contributed by atoms with Crippen LogP contribution in [0.5, 0.6) is 0 Å². The van der Waals surface area contributed by atoms with Crippen molar-refractivity contribution in [3.8, 4) is 0 Å². The molecule has 0 atom stereocenters. The van der Waals surface area contributed by atoms with Gasteiger partial charge in [0.1, 0.15) is 0 Å². The molecular weight excluding hydrogens is 142 g/mol. The summed E-state index contributed by atoms with van der Waals surface area (Å²) in [6.07, 6.45) is 0. The number of nitrogen functional groups attached to an aromatic ring is 1. The fraction of sp³-hybridized carbons (Fsp3) is 0.125. The van der Waals surface area contributed by atoms with E-state index in [4.69, 9.17) is 8.48 Å². The first kappa shape index (κ1) is 5.18. The zero-order chi connectivity index (χ0) is 10.0. The molecule has 0 saturated carbocycles. The van der Waals surface area contributed by atoms with Crippen LogP contribution in [0.3, 0.4) is 0 Å². The predicted octanol–water partition coefficient (Wildman–Crippen LogP) is 1.06. The summed E-state index contributed by atoms with van der Waals surface area (Å²) in [7, 11) is 1.22. The predicted molar refractivity (Wildman–Crippen MR) is 42.2 cm³/mol. The molecule has 0 aliphatic heterocycles. The van der Waals surface area contributed by atoms with Crippen LogP contribution in [0.4, 0.5) is 5.69 Å². The highest BCUT2D eigenvalue weighted by molar-refractivity contribution is 5.89. The van der Waals surface area contributed by atoms with Gasteiger partial charge in [0, 0.05) is 5.69 Å². The molecule has 0 spiro atoms. The van der Waals surface area contributed by atoms with E-state index in [1.165, 1.54) is 19.2 Å². The number of benzene rings is 1. The van der Waals surface area contributed by atoms with Crippen LogP contribution in [-0.2, 0) is 4.74 Å². The van der Waals surface area contributed by atoms with E-state index < -0.39 is 5.97 Å². The summed E-state index contributed by atoms with van der Waals surface area (Å²) < 4.78 is 19.2. The molecule has 11 heavy (non-hydrogen) atoms. The molecule has 0 saturated heterocycles. The van der Waals surface area contributed by atoms with Crippen LogP contribution < -0.4 is 5.73 Å². The standard InChI is InChI=1S/C8H9NO2/c1-11-8(10)6-2-4-7(9)5-3-6/h2-5H,9H2,1H3/i2D,4D. The molecule has 58 valence electrons. The number of hydrogen-bond acceptors (Lipinski definition) is 3. The van der Waals surface area contributed by atoms with Crippen molar-refractivity contribution in [2.75, 3.05) is 12.8 Å². The minimum atomic E-state index is -0.626. The number of hydrogen-bond donors (Lipinski definition) is 1. The van der Waals surface area contributed by atoms with Crippen LogP contribution in [0.25, 0.3) is 0 Å². The highest BCUT2D eigenvalue weighted by Crippen LogP contribution is 2.05. The van der Waals surface area contributed by atoms with E-state index in [2.05, 4.69) is 4.74 Å². The maximum atomic E-state index is 11.0. The number of carbonyl (C=O) groups is 1. The summed E-state index contributed by atoms with van der Waals surface area (Å²) in [6.45, 7) is 0. The van der Waals surface area contributed by atoms with Crippen molar-refractivity contribution in [1.82, 2.24) is 0 Å². The average molecular weight is 153 g/mol. The smallest absolute Gasteiger partial charge is 0.337 e. The zero-order valence-electron chi connectivity index (χ0n) is 8.05. The molecule has 0 bridgehead atoms. The Morgan fingerprint density at radius 2 is 2.36 bits per heavy atom. The van der Waals surface area contributed by atoms with Crippen LogP contribution in [0.1, 0.15) is 13.1 Å². The van der Waals surface area contributed by atoms with Crippen LogP contribution in [-0.4, -0.2) is 13.1 Å². The second kappa shape index (κ2) is 3.05. The Kier molecular flexibility index (Phi) is 1.44. The summed E-state index contributed by atoms with van der Waals surface area (Å²) in [5, 5.41) is 0. The van der Waals surface area contributed by atoms with E-state index in [1.54, 1.807) is 0 Å². The van der Waals surface area contributed by atoms with Gasteiger partial charge < -0.3 is 10.5 Å². The maximum absolute atomic E-state index is 11.0. The van der Waals surface area contributed by atoms with Crippen molar-refractivity contribution in [2.45, 2.75) is 0 Å². The monoisotopic (exact) mass is 153 g/mol. The third-order valence-corrected chi connectivity index (χ3v) is 1.18. The number of rotatable bonds is 1. The van der Waals surface area contributed by atoms with Crippen molar-refractivity contribution < 1.29 is 12.3 Å². The van der Waals surface area contributed by atoms with Crippen LogP contribution >= 0.6 is 0 Å². The third-order valence-electron chi connectivity index (χ3n) is 1.18. The fourth-order valence-electron chi connectivity index (χ4n) is 0.625. The summed E-state index contributed by atoms with van der Waals surface area (Å²) in [4.78, 5) is 11.0. The molecular formula is C8H9NO2. The van der Waals surface area contributed by atoms with Gasteiger partial charge in [-0.15, -0.1) is 0 Å². The second-order valence-corrected chi connectivity index (χ2v) is 1.94. The lowest BCUT2D eigenvalue weighted by Crippen LogP contribution is -2.00. The molecule has 0 aliphatic rings. The number of anilines is 1. The topological polar surface area (TPSA) is 52.3 Å². The van der Waals surface area contributed by atoms with Gasteiger partial charge in [0.05, 0.1) is 15.4 Å². The van der Waals surface area contributed by atoms with E-state index in [0.29, 0.717) is 0 Å². The van der Waals surface area contributed by atoms with Crippen molar-refractivity contribution >= 4 is 11.7 Å². The van der Waals surface area contributed by atoms with Crippen molar-refractivity contribution in [1.29, 1.82) is 0 Å². The fourth-order valence-corrected chi connectivity index (χ4v) is 0.625.